The van der Waals surface area contributed by atoms with Gasteiger partial charge in [-0.1, -0.05) is 12.1 Å². The molecule has 1 amide bonds. The number of aliphatic hydroxyl groups is 1. The topological polar surface area (TPSA) is 71.5 Å². The molecule has 1 heterocycles. The lowest BCUT2D eigenvalue weighted by Crippen LogP contribution is -2.44. The highest BCUT2D eigenvalue weighted by Crippen LogP contribution is 2.33. The fraction of sp³-hybridized carbons (Fsp3) is 0.368. The summed E-state index contributed by atoms with van der Waals surface area (Å²) in [6.45, 7) is 4.11. The number of carbonyl (C=O) groups excluding carboxylic acids is 1. The van der Waals surface area contributed by atoms with Crippen LogP contribution in [0, 0.1) is 11.6 Å². The lowest BCUT2D eigenvalue weighted by Gasteiger charge is -2.27. The van der Waals surface area contributed by atoms with E-state index in [1.165, 1.54) is 26.0 Å². The number of halogens is 5. The van der Waals surface area contributed by atoms with E-state index < -0.39 is 35.1 Å². The molecule has 0 atom stereocenters. The van der Waals surface area contributed by atoms with Crippen molar-refractivity contribution in [2.24, 2.45) is 0 Å². The summed E-state index contributed by atoms with van der Waals surface area (Å²) < 4.78 is 71.2. The van der Waals surface area contributed by atoms with E-state index >= 15 is 0 Å². The minimum Gasteiger partial charge on any atom is -0.434 e. The number of rotatable bonds is 4. The molecule has 1 aromatic heterocycles. The van der Waals surface area contributed by atoms with Crippen LogP contribution in [0.25, 0.3) is 11.1 Å². The number of hydrogen-bond donors (Lipinski definition) is 2. The number of carbonyl (C=O) groups is 1. The molecule has 1 aromatic carbocycles. The lowest BCUT2D eigenvalue weighted by atomic mass is 9.95. The van der Waals surface area contributed by atoms with Crippen LogP contribution in [0.5, 0.6) is 0 Å². The SMILES string of the molecule is CC(C)(O)c1ccc(-c2cc(NC(=O)OC(C)(C)C(F)(F)F)ncc2F)cc1F. The number of nitrogens with one attached hydrogen (secondary N) is 1. The molecule has 158 valence electrons. The Morgan fingerprint density at radius 3 is 2.21 bits per heavy atom. The number of alkyl halides is 3. The average molecular weight is 418 g/mol. The van der Waals surface area contributed by atoms with Crippen molar-refractivity contribution in [3.05, 3.63) is 47.7 Å². The highest BCUT2D eigenvalue weighted by atomic mass is 19.4. The Labute approximate surface area is 163 Å². The Morgan fingerprint density at radius 1 is 1.07 bits per heavy atom. The van der Waals surface area contributed by atoms with Crippen molar-refractivity contribution in [1.29, 1.82) is 0 Å². The van der Waals surface area contributed by atoms with E-state index in [1.807, 2.05) is 5.32 Å². The van der Waals surface area contributed by atoms with Crippen LogP contribution in [-0.2, 0) is 10.3 Å². The van der Waals surface area contributed by atoms with Gasteiger partial charge in [0.05, 0.1) is 11.8 Å². The van der Waals surface area contributed by atoms with Crippen LogP contribution in [0.1, 0.15) is 33.3 Å². The van der Waals surface area contributed by atoms with Crippen LogP contribution in [-0.4, -0.2) is 28.0 Å². The number of nitrogens with zero attached hydrogens (tertiary/aromatic N) is 1. The molecule has 2 N–H and O–H groups in total. The maximum absolute atomic E-state index is 14.3. The molecular formula is C19H19F5N2O3. The fourth-order valence-corrected chi connectivity index (χ4v) is 2.33. The van der Waals surface area contributed by atoms with Crippen LogP contribution in [0.4, 0.5) is 32.6 Å². The fourth-order valence-electron chi connectivity index (χ4n) is 2.33. The molecule has 0 aliphatic heterocycles. The van der Waals surface area contributed by atoms with Crippen molar-refractivity contribution in [2.75, 3.05) is 5.32 Å². The van der Waals surface area contributed by atoms with E-state index in [-0.39, 0.29) is 22.5 Å². The molecule has 0 fully saturated rings. The number of amides is 1. The normalized spacial score (nSPS) is 12.6. The van der Waals surface area contributed by atoms with Crippen LogP contribution in [0.2, 0.25) is 0 Å². The van der Waals surface area contributed by atoms with Crippen molar-refractivity contribution >= 4 is 11.9 Å². The van der Waals surface area contributed by atoms with Gasteiger partial charge in [-0.3, -0.25) is 5.32 Å². The zero-order valence-corrected chi connectivity index (χ0v) is 16.0. The number of aromatic nitrogens is 1. The molecule has 0 bridgehead atoms. The molecule has 0 radical (unpaired) electrons. The first-order valence-electron chi connectivity index (χ1n) is 8.37. The van der Waals surface area contributed by atoms with Crippen molar-refractivity contribution in [2.45, 2.75) is 45.1 Å². The quantitative estimate of drug-likeness (QED) is 0.675. The zero-order chi connectivity index (χ0) is 22.2. The number of ether oxygens (including phenoxy) is 1. The molecular weight excluding hydrogens is 399 g/mol. The maximum atomic E-state index is 14.3. The third kappa shape index (κ3) is 5.20. The number of hydrogen-bond acceptors (Lipinski definition) is 4. The van der Waals surface area contributed by atoms with Crippen LogP contribution in [0.15, 0.2) is 30.5 Å². The molecule has 0 unspecified atom stereocenters. The van der Waals surface area contributed by atoms with E-state index in [2.05, 4.69) is 9.72 Å². The number of anilines is 1. The second-order valence-electron chi connectivity index (χ2n) is 7.33. The molecule has 0 saturated carbocycles. The Hall–Kier alpha value is -2.75. The van der Waals surface area contributed by atoms with Crippen molar-refractivity contribution in [3.8, 4) is 11.1 Å². The third-order valence-electron chi connectivity index (χ3n) is 4.06. The summed E-state index contributed by atoms with van der Waals surface area (Å²) in [5, 5.41) is 11.9. The Balaban J connectivity index is 2.29. The second kappa shape index (κ2) is 7.58. The first-order valence-corrected chi connectivity index (χ1v) is 8.37. The highest BCUT2D eigenvalue weighted by molar-refractivity contribution is 5.84. The van der Waals surface area contributed by atoms with Gasteiger partial charge in [-0.2, -0.15) is 13.2 Å². The smallest absolute Gasteiger partial charge is 0.427 e. The van der Waals surface area contributed by atoms with Gasteiger partial charge in [-0.05, 0) is 45.4 Å². The standard InChI is InChI=1S/C19H19F5N2O3/c1-17(2,28)12-6-5-10(7-13(12)20)11-8-15(25-9-14(11)21)26-16(27)29-18(3,4)19(22,23)24/h5-9,28H,1-4H3,(H,25,26,27). The van der Waals surface area contributed by atoms with Gasteiger partial charge < -0.3 is 9.84 Å². The van der Waals surface area contributed by atoms with E-state index in [0.717, 1.165) is 18.3 Å². The van der Waals surface area contributed by atoms with Gasteiger partial charge in [0.15, 0.2) is 0 Å². The van der Waals surface area contributed by atoms with Crippen molar-refractivity contribution < 1.29 is 36.6 Å². The minimum absolute atomic E-state index is 0.00739. The summed E-state index contributed by atoms with van der Waals surface area (Å²) in [7, 11) is 0. The minimum atomic E-state index is -4.80. The van der Waals surface area contributed by atoms with Gasteiger partial charge in [0.1, 0.15) is 17.5 Å². The zero-order valence-electron chi connectivity index (χ0n) is 16.0. The summed E-state index contributed by atoms with van der Waals surface area (Å²) in [6.07, 6.45) is -5.52. The molecule has 0 aliphatic carbocycles. The summed E-state index contributed by atoms with van der Waals surface area (Å²) in [5.41, 5.74) is -4.31. The monoisotopic (exact) mass is 418 g/mol. The van der Waals surface area contributed by atoms with Crippen molar-refractivity contribution in [1.82, 2.24) is 4.98 Å². The van der Waals surface area contributed by atoms with Gasteiger partial charge in [-0.15, -0.1) is 0 Å². The average Bonchev–Trinajstić information content (AvgIpc) is 2.53. The molecule has 2 rings (SSSR count). The second-order valence-corrected chi connectivity index (χ2v) is 7.33. The van der Waals surface area contributed by atoms with Gasteiger partial charge >= 0.3 is 12.3 Å². The predicted octanol–water partition coefficient (Wildman–Crippen LogP) is 5.14. The molecule has 0 spiro atoms. The Kier molecular flexibility index (Phi) is 5.89. The molecule has 0 saturated heterocycles. The predicted molar refractivity (Wildman–Crippen MR) is 95.1 cm³/mol. The summed E-state index contributed by atoms with van der Waals surface area (Å²) >= 11 is 0. The van der Waals surface area contributed by atoms with E-state index in [9.17, 15) is 31.9 Å². The number of pyridine rings is 1. The van der Waals surface area contributed by atoms with E-state index in [0.29, 0.717) is 13.8 Å². The van der Waals surface area contributed by atoms with Gasteiger partial charge in [0.2, 0.25) is 5.60 Å². The van der Waals surface area contributed by atoms with Crippen LogP contribution < -0.4 is 5.32 Å². The molecule has 2 aromatic rings. The van der Waals surface area contributed by atoms with Crippen LogP contribution >= 0.6 is 0 Å². The first kappa shape index (κ1) is 22.5. The summed E-state index contributed by atoms with van der Waals surface area (Å²) in [5.74, 6) is -1.93. The largest absolute Gasteiger partial charge is 0.434 e. The van der Waals surface area contributed by atoms with Crippen molar-refractivity contribution in [3.63, 3.8) is 0 Å². The van der Waals surface area contributed by atoms with E-state index in [4.69, 9.17) is 0 Å². The third-order valence-corrected chi connectivity index (χ3v) is 4.06. The molecule has 29 heavy (non-hydrogen) atoms. The molecule has 0 aliphatic rings. The van der Waals surface area contributed by atoms with Gasteiger partial charge in [0.25, 0.3) is 0 Å². The summed E-state index contributed by atoms with van der Waals surface area (Å²) in [4.78, 5) is 15.3. The highest BCUT2D eigenvalue weighted by Gasteiger charge is 2.51. The lowest BCUT2D eigenvalue weighted by molar-refractivity contribution is -0.242. The van der Waals surface area contributed by atoms with Gasteiger partial charge in [0, 0.05) is 11.1 Å². The first-order chi connectivity index (χ1) is 13.1. The van der Waals surface area contributed by atoms with Gasteiger partial charge in [-0.25, -0.2) is 18.6 Å². The molecule has 10 heteroatoms. The number of benzene rings is 1. The molecule has 5 nitrogen and oxygen atoms in total. The van der Waals surface area contributed by atoms with Crippen LogP contribution in [0.3, 0.4) is 0 Å². The summed E-state index contributed by atoms with van der Waals surface area (Å²) in [6, 6.07) is 4.64. The Morgan fingerprint density at radius 2 is 1.69 bits per heavy atom. The Bertz CT molecular complexity index is 921. The van der Waals surface area contributed by atoms with E-state index in [1.54, 1.807) is 0 Å². The maximum Gasteiger partial charge on any atom is 0.427 e.